The van der Waals surface area contributed by atoms with E-state index in [1.54, 1.807) is 0 Å². The second-order valence-corrected chi connectivity index (χ2v) is 4.25. The maximum absolute atomic E-state index is 11.8. The second-order valence-electron chi connectivity index (χ2n) is 4.25. The van der Waals surface area contributed by atoms with Crippen molar-refractivity contribution in [2.75, 3.05) is 13.7 Å². The number of benzene rings is 1. The van der Waals surface area contributed by atoms with Crippen LogP contribution in [0.25, 0.3) is 0 Å². The molecule has 0 fully saturated rings. The van der Waals surface area contributed by atoms with E-state index in [0.717, 1.165) is 11.3 Å². The molecule has 0 amide bonds. The predicted octanol–water partition coefficient (Wildman–Crippen LogP) is 3.00. The van der Waals surface area contributed by atoms with E-state index >= 15 is 0 Å². The van der Waals surface area contributed by atoms with Crippen LogP contribution in [-0.4, -0.2) is 19.7 Å². The molecule has 0 saturated carbocycles. The van der Waals surface area contributed by atoms with Gasteiger partial charge in [0.25, 0.3) is 0 Å². The van der Waals surface area contributed by atoms with Crippen LogP contribution >= 0.6 is 0 Å². The fourth-order valence-corrected chi connectivity index (χ4v) is 1.88. The molecule has 1 aromatic rings. The first kappa shape index (κ1) is 13.6. The Labute approximate surface area is 103 Å². The average Bonchev–Trinajstić information content (AvgIpc) is 2.29. The summed E-state index contributed by atoms with van der Waals surface area (Å²) in [5.74, 6) is 0.549. The third-order valence-electron chi connectivity index (χ3n) is 2.65. The van der Waals surface area contributed by atoms with Crippen LogP contribution in [0.2, 0.25) is 0 Å². The van der Waals surface area contributed by atoms with E-state index in [1.807, 2.05) is 45.0 Å². The Kier molecular flexibility index (Phi) is 5.01. The number of ether oxygens (including phenoxy) is 2. The Bertz CT molecular complexity index is 371. The summed E-state index contributed by atoms with van der Waals surface area (Å²) in [7, 11) is 1.42. The highest BCUT2D eigenvalue weighted by Crippen LogP contribution is 2.28. The van der Waals surface area contributed by atoms with Gasteiger partial charge in [-0.2, -0.15) is 0 Å². The largest absolute Gasteiger partial charge is 0.494 e. The maximum Gasteiger partial charge on any atom is 0.313 e. The maximum atomic E-state index is 11.8. The average molecular weight is 236 g/mol. The van der Waals surface area contributed by atoms with Crippen LogP contribution in [0.3, 0.4) is 0 Å². The third kappa shape index (κ3) is 3.48. The van der Waals surface area contributed by atoms with Gasteiger partial charge in [-0.1, -0.05) is 26.0 Å². The van der Waals surface area contributed by atoms with Crippen LogP contribution in [0.4, 0.5) is 0 Å². The Hall–Kier alpha value is -1.51. The number of carbonyl (C=O) groups is 1. The molecule has 1 rings (SSSR count). The number of esters is 1. The standard InChI is InChI=1S/C14H20O3/c1-5-17-12-8-6-7-11(9-12)13(10(2)3)14(15)16-4/h6-10,13H,5H2,1-4H3. The molecule has 3 heteroatoms. The van der Waals surface area contributed by atoms with Crippen LogP contribution in [0.5, 0.6) is 5.75 Å². The number of rotatable bonds is 5. The molecule has 94 valence electrons. The molecule has 0 aliphatic carbocycles. The minimum Gasteiger partial charge on any atom is -0.494 e. The lowest BCUT2D eigenvalue weighted by Crippen LogP contribution is -2.19. The van der Waals surface area contributed by atoms with Crippen molar-refractivity contribution in [3.05, 3.63) is 29.8 Å². The fourth-order valence-electron chi connectivity index (χ4n) is 1.88. The highest BCUT2D eigenvalue weighted by atomic mass is 16.5. The highest BCUT2D eigenvalue weighted by Gasteiger charge is 2.25. The number of hydrogen-bond donors (Lipinski definition) is 0. The van der Waals surface area contributed by atoms with Gasteiger partial charge < -0.3 is 9.47 Å². The Balaban J connectivity index is 3.01. The lowest BCUT2D eigenvalue weighted by atomic mass is 9.88. The van der Waals surface area contributed by atoms with E-state index < -0.39 is 0 Å². The van der Waals surface area contributed by atoms with Gasteiger partial charge in [0.2, 0.25) is 0 Å². The zero-order valence-electron chi connectivity index (χ0n) is 10.9. The van der Waals surface area contributed by atoms with Gasteiger partial charge in [-0.25, -0.2) is 0 Å². The van der Waals surface area contributed by atoms with Crippen LogP contribution in [0.15, 0.2) is 24.3 Å². The molecular formula is C14H20O3. The summed E-state index contributed by atoms with van der Waals surface area (Å²) in [6.45, 7) is 6.57. The summed E-state index contributed by atoms with van der Waals surface area (Å²) < 4.78 is 10.3. The molecular weight excluding hydrogens is 216 g/mol. The van der Waals surface area contributed by atoms with Gasteiger partial charge in [-0.3, -0.25) is 4.79 Å². The minimum absolute atomic E-state index is 0.194. The Morgan fingerprint density at radius 2 is 2.06 bits per heavy atom. The number of hydrogen-bond acceptors (Lipinski definition) is 3. The van der Waals surface area contributed by atoms with Gasteiger partial charge in [0.1, 0.15) is 5.75 Å². The van der Waals surface area contributed by atoms with Crippen molar-refractivity contribution in [3.8, 4) is 5.75 Å². The molecule has 3 nitrogen and oxygen atoms in total. The molecule has 0 aliphatic heterocycles. The van der Waals surface area contributed by atoms with Crippen molar-refractivity contribution in [3.63, 3.8) is 0 Å². The zero-order chi connectivity index (χ0) is 12.8. The first-order valence-corrected chi connectivity index (χ1v) is 5.90. The van der Waals surface area contributed by atoms with Crippen molar-refractivity contribution in [2.24, 2.45) is 5.92 Å². The van der Waals surface area contributed by atoms with Gasteiger partial charge in [-0.05, 0) is 30.5 Å². The summed E-state index contributed by atoms with van der Waals surface area (Å²) in [4.78, 5) is 11.8. The molecule has 0 bridgehead atoms. The molecule has 0 saturated heterocycles. The summed E-state index contributed by atoms with van der Waals surface area (Å²) >= 11 is 0. The third-order valence-corrected chi connectivity index (χ3v) is 2.65. The molecule has 0 aliphatic rings. The molecule has 1 atom stereocenters. The van der Waals surface area contributed by atoms with Gasteiger partial charge in [0.15, 0.2) is 0 Å². The fraction of sp³-hybridized carbons (Fsp3) is 0.500. The van der Waals surface area contributed by atoms with Crippen LogP contribution in [0, 0.1) is 5.92 Å². The quantitative estimate of drug-likeness (QED) is 0.737. The summed E-state index contributed by atoms with van der Waals surface area (Å²) in [6.07, 6.45) is 0. The lowest BCUT2D eigenvalue weighted by molar-refractivity contribution is -0.143. The highest BCUT2D eigenvalue weighted by molar-refractivity contribution is 5.78. The molecule has 1 aromatic carbocycles. The first-order chi connectivity index (χ1) is 8.10. The van der Waals surface area contributed by atoms with Gasteiger partial charge >= 0.3 is 5.97 Å². The van der Waals surface area contributed by atoms with E-state index in [0.29, 0.717) is 6.61 Å². The summed E-state index contributed by atoms with van der Waals surface area (Å²) in [5.41, 5.74) is 0.942. The number of methoxy groups -OCH3 is 1. The van der Waals surface area contributed by atoms with Crippen molar-refractivity contribution in [1.82, 2.24) is 0 Å². The SMILES string of the molecule is CCOc1cccc(C(C(=O)OC)C(C)C)c1. The van der Waals surface area contributed by atoms with E-state index in [4.69, 9.17) is 9.47 Å². The minimum atomic E-state index is -0.236. The van der Waals surface area contributed by atoms with Gasteiger partial charge in [-0.15, -0.1) is 0 Å². The van der Waals surface area contributed by atoms with Crippen molar-refractivity contribution in [1.29, 1.82) is 0 Å². The molecule has 1 unspecified atom stereocenters. The predicted molar refractivity (Wildman–Crippen MR) is 67.2 cm³/mol. The molecule has 0 spiro atoms. The smallest absolute Gasteiger partial charge is 0.313 e. The van der Waals surface area contributed by atoms with Crippen molar-refractivity contribution >= 4 is 5.97 Å². The van der Waals surface area contributed by atoms with Gasteiger partial charge in [0.05, 0.1) is 19.6 Å². The second kappa shape index (κ2) is 6.28. The normalized spacial score (nSPS) is 12.3. The van der Waals surface area contributed by atoms with E-state index in [-0.39, 0.29) is 17.8 Å². The molecule has 0 heterocycles. The summed E-state index contributed by atoms with van der Waals surface area (Å²) in [6, 6.07) is 7.63. The Morgan fingerprint density at radius 3 is 2.59 bits per heavy atom. The topological polar surface area (TPSA) is 35.5 Å². The molecule has 0 radical (unpaired) electrons. The van der Waals surface area contributed by atoms with E-state index in [1.165, 1.54) is 7.11 Å². The van der Waals surface area contributed by atoms with Crippen molar-refractivity contribution < 1.29 is 14.3 Å². The number of carbonyl (C=O) groups excluding carboxylic acids is 1. The molecule has 17 heavy (non-hydrogen) atoms. The Morgan fingerprint density at radius 1 is 1.35 bits per heavy atom. The first-order valence-electron chi connectivity index (χ1n) is 5.90. The monoisotopic (exact) mass is 236 g/mol. The summed E-state index contributed by atoms with van der Waals surface area (Å²) in [5, 5.41) is 0. The zero-order valence-corrected chi connectivity index (χ0v) is 10.9. The van der Waals surface area contributed by atoms with E-state index in [9.17, 15) is 4.79 Å². The molecule has 0 N–H and O–H groups in total. The van der Waals surface area contributed by atoms with Gasteiger partial charge in [0, 0.05) is 0 Å². The van der Waals surface area contributed by atoms with Crippen molar-refractivity contribution in [2.45, 2.75) is 26.7 Å². The van der Waals surface area contributed by atoms with Crippen LogP contribution in [0.1, 0.15) is 32.3 Å². The van der Waals surface area contributed by atoms with Crippen LogP contribution < -0.4 is 4.74 Å². The van der Waals surface area contributed by atoms with Crippen LogP contribution in [-0.2, 0) is 9.53 Å². The van der Waals surface area contributed by atoms with E-state index in [2.05, 4.69) is 0 Å². The lowest BCUT2D eigenvalue weighted by Gasteiger charge is -2.19. The molecule has 0 aromatic heterocycles.